The molecule has 22 heavy (non-hydrogen) atoms. The van der Waals surface area contributed by atoms with E-state index in [1.54, 1.807) is 12.1 Å². The van der Waals surface area contributed by atoms with E-state index in [1.165, 1.54) is 17.9 Å². The van der Waals surface area contributed by atoms with Crippen molar-refractivity contribution >= 4 is 45.0 Å². The first kappa shape index (κ1) is 16.7. The summed E-state index contributed by atoms with van der Waals surface area (Å²) in [6.07, 6.45) is -0.0742. The van der Waals surface area contributed by atoms with Gasteiger partial charge in [-0.3, -0.25) is 9.59 Å². The molecule has 1 aliphatic rings. The van der Waals surface area contributed by atoms with Gasteiger partial charge in [-0.25, -0.2) is 0 Å². The number of nitrogens with zero attached hydrogens (tertiary/aromatic N) is 1. The van der Waals surface area contributed by atoms with Gasteiger partial charge in [0.15, 0.2) is 0 Å². The second-order valence-electron chi connectivity index (χ2n) is 5.12. The molecule has 0 aromatic heterocycles. The average Bonchev–Trinajstić information content (AvgIpc) is 2.69. The Balaban J connectivity index is 2.29. The second-order valence-corrected chi connectivity index (χ2v) is 6.97. The van der Waals surface area contributed by atoms with Gasteiger partial charge in [-0.2, -0.15) is 8.42 Å². The van der Waals surface area contributed by atoms with Gasteiger partial charge in [0.1, 0.15) is 0 Å². The van der Waals surface area contributed by atoms with Crippen molar-refractivity contribution < 1.29 is 21.9 Å². The molecule has 9 heteroatoms. The highest BCUT2D eigenvalue weighted by Crippen LogP contribution is 2.34. The molecule has 1 aliphatic heterocycles. The van der Waals surface area contributed by atoms with Crippen LogP contribution in [0.5, 0.6) is 0 Å². The number of hydrogen-bond acceptors (Lipinski definition) is 4. The van der Waals surface area contributed by atoms with Gasteiger partial charge in [-0.1, -0.05) is 11.6 Å². The number of nitrogens with one attached hydrogen (secondary N) is 1. The molecular weight excluding hydrogens is 335 g/mol. The molecule has 0 bridgehead atoms. The van der Waals surface area contributed by atoms with Gasteiger partial charge in [0.25, 0.3) is 0 Å². The minimum absolute atomic E-state index is 0.0505. The van der Waals surface area contributed by atoms with Gasteiger partial charge in [0.05, 0.1) is 17.1 Å². The predicted octanol–water partition coefficient (Wildman–Crippen LogP) is 1.95. The van der Waals surface area contributed by atoms with Crippen molar-refractivity contribution in [3.8, 4) is 0 Å². The van der Waals surface area contributed by atoms with Gasteiger partial charge >= 0.3 is 10.2 Å². The molecule has 1 aromatic carbocycles. The number of anilines is 2. The highest BCUT2D eigenvalue weighted by atomic mass is 35.5. The van der Waals surface area contributed by atoms with E-state index in [0.717, 1.165) is 0 Å². The van der Waals surface area contributed by atoms with E-state index in [9.17, 15) is 21.9 Å². The Bertz CT molecular complexity index is 723. The maximum absolute atomic E-state index is 12.8. The van der Waals surface area contributed by atoms with Gasteiger partial charge in [0.2, 0.25) is 11.8 Å². The van der Waals surface area contributed by atoms with Crippen molar-refractivity contribution in [1.82, 2.24) is 0 Å². The third-order valence-corrected chi connectivity index (χ3v) is 4.31. The smallest absolute Gasteiger partial charge is 0.302 e. The van der Waals surface area contributed by atoms with Crippen molar-refractivity contribution in [2.45, 2.75) is 13.3 Å². The summed E-state index contributed by atoms with van der Waals surface area (Å²) in [5.41, 5.74) is 0.750. The van der Waals surface area contributed by atoms with Crippen LogP contribution in [0.1, 0.15) is 13.3 Å². The normalized spacial score (nSPS) is 18.6. The molecule has 1 atom stereocenters. The molecule has 0 spiro atoms. The fourth-order valence-electron chi connectivity index (χ4n) is 2.43. The number of halogens is 2. The van der Waals surface area contributed by atoms with Crippen molar-refractivity contribution in [1.29, 1.82) is 0 Å². The minimum atomic E-state index is -4.65. The number of carbonyl (C=O) groups is 2. The summed E-state index contributed by atoms with van der Waals surface area (Å²) in [5.74, 6) is -2.00. The number of rotatable bonds is 4. The number of carbonyl (C=O) groups excluding carboxylic acids is 2. The van der Waals surface area contributed by atoms with Crippen molar-refractivity contribution in [3.05, 3.63) is 23.2 Å². The first-order chi connectivity index (χ1) is 10.2. The third-order valence-electron chi connectivity index (χ3n) is 3.20. The standard InChI is InChI=1S/C13H14ClFN2O4S/c1-8(18)16-11-3-2-10(14)5-12(11)17-6-9(4-13(17)19)7-22(15,20)21/h2-3,5,9H,4,6-7H2,1H3,(H,16,18). The van der Waals surface area contributed by atoms with Gasteiger partial charge in [-0.05, 0) is 18.2 Å². The quantitative estimate of drug-likeness (QED) is 0.843. The molecule has 1 unspecified atom stereocenters. The highest BCUT2D eigenvalue weighted by molar-refractivity contribution is 7.86. The van der Waals surface area contributed by atoms with Gasteiger partial charge < -0.3 is 10.2 Å². The fourth-order valence-corrected chi connectivity index (χ4v) is 3.38. The Labute approximate surface area is 132 Å². The van der Waals surface area contributed by atoms with Crippen LogP contribution in [-0.4, -0.2) is 32.5 Å². The van der Waals surface area contributed by atoms with E-state index < -0.39 is 21.9 Å². The summed E-state index contributed by atoms with van der Waals surface area (Å²) in [4.78, 5) is 24.6. The molecule has 2 amide bonds. The van der Waals surface area contributed by atoms with Crippen LogP contribution >= 0.6 is 11.6 Å². The summed E-state index contributed by atoms with van der Waals surface area (Å²) in [6.45, 7) is 1.37. The topological polar surface area (TPSA) is 83.6 Å². The third kappa shape index (κ3) is 4.17. The molecule has 0 saturated carbocycles. The zero-order chi connectivity index (χ0) is 16.5. The van der Waals surface area contributed by atoms with E-state index in [-0.39, 0.29) is 24.8 Å². The highest BCUT2D eigenvalue weighted by Gasteiger charge is 2.34. The van der Waals surface area contributed by atoms with Crippen LogP contribution in [0.25, 0.3) is 0 Å². The minimum Gasteiger partial charge on any atom is -0.325 e. The summed E-state index contributed by atoms with van der Waals surface area (Å²) in [5, 5.41) is 2.94. The lowest BCUT2D eigenvalue weighted by molar-refractivity contribution is -0.117. The van der Waals surface area contributed by atoms with E-state index >= 15 is 0 Å². The van der Waals surface area contributed by atoms with E-state index in [4.69, 9.17) is 11.6 Å². The molecule has 2 rings (SSSR count). The average molecular weight is 349 g/mol. The molecule has 1 fully saturated rings. The van der Waals surface area contributed by atoms with Crippen LogP contribution in [0.15, 0.2) is 18.2 Å². The van der Waals surface area contributed by atoms with Crippen molar-refractivity contribution in [2.24, 2.45) is 5.92 Å². The Kier molecular flexibility index (Phi) is 4.72. The fraction of sp³-hybridized carbons (Fsp3) is 0.385. The molecule has 1 saturated heterocycles. The van der Waals surface area contributed by atoms with Crippen molar-refractivity contribution in [3.63, 3.8) is 0 Å². The summed E-state index contributed by atoms with van der Waals surface area (Å²) < 4.78 is 34.2. The van der Waals surface area contributed by atoms with Crippen LogP contribution in [0.4, 0.5) is 15.3 Å². The molecule has 6 nitrogen and oxygen atoms in total. The van der Waals surface area contributed by atoms with Crippen LogP contribution in [-0.2, 0) is 19.8 Å². The van der Waals surface area contributed by atoms with E-state index in [2.05, 4.69) is 5.32 Å². The lowest BCUT2D eigenvalue weighted by atomic mass is 10.1. The molecular formula is C13H14ClFN2O4S. The number of hydrogen-bond donors (Lipinski definition) is 1. The lowest BCUT2D eigenvalue weighted by Gasteiger charge is -2.20. The summed E-state index contributed by atoms with van der Waals surface area (Å²) in [7, 11) is -4.65. The van der Waals surface area contributed by atoms with E-state index in [1.807, 2.05) is 0 Å². The molecule has 0 aliphatic carbocycles. The van der Waals surface area contributed by atoms with Gasteiger partial charge in [-0.15, -0.1) is 3.89 Å². The lowest BCUT2D eigenvalue weighted by Crippen LogP contribution is -2.26. The molecule has 0 radical (unpaired) electrons. The number of benzene rings is 1. The molecule has 1 heterocycles. The monoisotopic (exact) mass is 348 g/mol. The Morgan fingerprint density at radius 2 is 2.18 bits per heavy atom. The van der Waals surface area contributed by atoms with Crippen LogP contribution in [0, 0.1) is 5.92 Å². The molecule has 1 N–H and O–H groups in total. The molecule has 1 aromatic rings. The maximum Gasteiger partial charge on any atom is 0.302 e. The van der Waals surface area contributed by atoms with E-state index in [0.29, 0.717) is 16.4 Å². The Hall–Kier alpha value is -1.67. The molecule has 120 valence electrons. The first-order valence-electron chi connectivity index (χ1n) is 6.45. The zero-order valence-electron chi connectivity index (χ0n) is 11.7. The van der Waals surface area contributed by atoms with Crippen molar-refractivity contribution in [2.75, 3.05) is 22.5 Å². The van der Waals surface area contributed by atoms with Gasteiger partial charge in [0, 0.05) is 30.8 Å². The SMILES string of the molecule is CC(=O)Nc1ccc(Cl)cc1N1CC(CS(=O)(=O)F)CC1=O. The maximum atomic E-state index is 12.8. The predicted molar refractivity (Wildman–Crippen MR) is 81.1 cm³/mol. The Morgan fingerprint density at radius 3 is 2.77 bits per heavy atom. The summed E-state index contributed by atoms with van der Waals surface area (Å²) >= 11 is 5.92. The number of amides is 2. The van der Waals surface area contributed by atoms with Crippen LogP contribution < -0.4 is 10.2 Å². The Morgan fingerprint density at radius 1 is 1.50 bits per heavy atom. The second kappa shape index (κ2) is 6.21. The zero-order valence-corrected chi connectivity index (χ0v) is 13.2. The van der Waals surface area contributed by atoms with Crippen LogP contribution in [0.3, 0.4) is 0 Å². The first-order valence-corrected chi connectivity index (χ1v) is 8.38. The summed E-state index contributed by atoms with van der Waals surface area (Å²) in [6, 6.07) is 4.60. The van der Waals surface area contributed by atoms with Crippen LogP contribution in [0.2, 0.25) is 5.02 Å². The largest absolute Gasteiger partial charge is 0.325 e.